The van der Waals surface area contributed by atoms with Gasteiger partial charge in [0.1, 0.15) is 0 Å². The maximum Gasteiger partial charge on any atom is 0.226 e. The van der Waals surface area contributed by atoms with Crippen molar-refractivity contribution in [3.05, 3.63) is 53.0 Å². The molecule has 0 amide bonds. The molecule has 96 valence electrons. The predicted octanol–water partition coefficient (Wildman–Crippen LogP) is 3.16. The van der Waals surface area contributed by atoms with Crippen molar-refractivity contribution in [3.63, 3.8) is 0 Å². The molecule has 4 nitrogen and oxygen atoms in total. The number of benzene rings is 2. The fourth-order valence-electron chi connectivity index (χ4n) is 1.90. The third-order valence-corrected chi connectivity index (χ3v) is 5.20. The van der Waals surface area contributed by atoms with Crippen LogP contribution in [0, 0.1) is 0 Å². The maximum atomic E-state index is 12.5. The van der Waals surface area contributed by atoms with Crippen molar-refractivity contribution in [2.24, 2.45) is 0 Å². The number of fused-ring (bicyclic) bond motifs is 1. The van der Waals surface area contributed by atoms with Crippen molar-refractivity contribution in [3.8, 4) is 0 Å². The summed E-state index contributed by atoms with van der Waals surface area (Å²) in [6.07, 6.45) is 0. The first-order valence-corrected chi connectivity index (χ1v) is 7.81. The van der Waals surface area contributed by atoms with Gasteiger partial charge in [0.25, 0.3) is 0 Å². The van der Waals surface area contributed by atoms with Crippen molar-refractivity contribution < 1.29 is 8.42 Å². The van der Waals surface area contributed by atoms with E-state index in [0.717, 1.165) is 4.47 Å². The van der Waals surface area contributed by atoms with Gasteiger partial charge >= 0.3 is 0 Å². The highest BCUT2D eigenvalue weighted by atomic mass is 79.9. The van der Waals surface area contributed by atoms with Crippen molar-refractivity contribution in [2.75, 3.05) is 0 Å². The van der Waals surface area contributed by atoms with E-state index in [1.165, 1.54) is 0 Å². The van der Waals surface area contributed by atoms with Gasteiger partial charge in [-0.1, -0.05) is 24.3 Å². The summed E-state index contributed by atoms with van der Waals surface area (Å²) < 4.78 is 25.8. The fraction of sp³-hybridized carbons (Fsp3) is 0. The van der Waals surface area contributed by atoms with Gasteiger partial charge < -0.3 is 0 Å². The second-order valence-corrected chi connectivity index (χ2v) is 6.73. The zero-order valence-electron chi connectivity index (χ0n) is 9.67. The van der Waals surface area contributed by atoms with E-state index in [9.17, 15) is 8.42 Å². The molecule has 0 saturated heterocycles. The van der Waals surface area contributed by atoms with E-state index in [-0.39, 0.29) is 9.92 Å². The first-order valence-electron chi connectivity index (χ1n) is 5.53. The van der Waals surface area contributed by atoms with Crippen molar-refractivity contribution in [1.82, 2.24) is 10.2 Å². The van der Waals surface area contributed by atoms with Crippen LogP contribution in [0.3, 0.4) is 0 Å². The van der Waals surface area contributed by atoms with E-state index in [4.69, 9.17) is 0 Å². The van der Waals surface area contributed by atoms with E-state index >= 15 is 0 Å². The van der Waals surface area contributed by atoms with E-state index < -0.39 is 9.84 Å². The summed E-state index contributed by atoms with van der Waals surface area (Å²) in [5.41, 5.74) is 0.678. The number of hydrogen-bond acceptors (Lipinski definition) is 3. The molecule has 0 atom stereocenters. The van der Waals surface area contributed by atoms with Gasteiger partial charge in [0, 0.05) is 9.86 Å². The highest BCUT2D eigenvalue weighted by Crippen LogP contribution is 2.29. The molecule has 0 bridgehead atoms. The number of rotatable bonds is 2. The summed E-state index contributed by atoms with van der Waals surface area (Å²) >= 11 is 3.37. The molecule has 19 heavy (non-hydrogen) atoms. The number of nitrogens with zero attached hydrogens (tertiary/aromatic N) is 1. The molecule has 0 saturated carbocycles. The van der Waals surface area contributed by atoms with Crippen LogP contribution in [0.4, 0.5) is 0 Å². The third-order valence-electron chi connectivity index (χ3n) is 2.82. The van der Waals surface area contributed by atoms with Crippen molar-refractivity contribution in [2.45, 2.75) is 9.92 Å². The van der Waals surface area contributed by atoms with Crippen LogP contribution in [-0.2, 0) is 9.84 Å². The van der Waals surface area contributed by atoms with Crippen LogP contribution in [0.25, 0.3) is 10.9 Å². The predicted molar refractivity (Wildman–Crippen MR) is 75.7 cm³/mol. The summed E-state index contributed by atoms with van der Waals surface area (Å²) in [5, 5.41) is 7.35. The second kappa shape index (κ2) is 4.47. The standard InChI is InChI=1S/C13H9BrN2O2S/c14-11-8-4-7-10-12(11)15-16-13(10)19(17,18)9-5-2-1-3-6-9/h1-8H,(H,15,16). The van der Waals surface area contributed by atoms with Gasteiger partial charge in [-0.2, -0.15) is 5.10 Å². The van der Waals surface area contributed by atoms with Crippen molar-refractivity contribution >= 4 is 36.7 Å². The molecule has 2 aromatic carbocycles. The molecule has 3 aromatic rings. The number of H-pyrrole nitrogens is 1. The summed E-state index contributed by atoms with van der Waals surface area (Å²) in [6.45, 7) is 0. The minimum atomic E-state index is -3.60. The smallest absolute Gasteiger partial charge is 0.226 e. The average Bonchev–Trinajstić information content (AvgIpc) is 2.86. The second-order valence-electron chi connectivity index (χ2n) is 4.01. The van der Waals surface area contributed by atoms with Crippen LogP contribution in [-0.4, -0.2) is 18.6 Å². The first kappa shape index (κ1) is 12.4. The number of halogens is 1. The van der Waals surface area contributed by atoms with E-state index in [2.05, 4.69) is 26.1 Å². The lowest BCUT2D eigenvalue weighted by Crippen LogP contribution is -2.02. The first-order chi connectivity index (χ1) is 9.10. The van der Waals surface area contributed by atoms with Crippen molar-refractivity contribution in [1.29, 1.82) is 0 Å². The highest BCUT2D eigenvalue weighted by molar-refractivity contribution is 9.10. The Labute approximate surface area is 118 Å². The van der Waals surface area contributed by atoms with Gasteiger partial charge in [0.15, 0.2) is 5.03 Å². The fourth-order valence-corrected chi connectivity index (χ4v) is 3.72. The minimum Gasteiger partial charge on any atom is -0.275 e. The highest BCUT2D eigenvalue weighted by Gasteiger charge is 2.23. The Morgan fingerprint density at radius 1 is 1.00 bits per heavy atom. The van der Waals surface area contributed by atoms with Gasteiger partial charge in [-0.05, 0) is 40.2 Å². The summed E-state index contributed by atoms with van der Waals surface area (Å²) in [5.74, 6) is 0. The summed E-state index contributed by atoms with van der Waals surface area (Å²) in [4.78, 5) is 0.239. The molecule has 0 aliphatic rings. The minimum absolute atomic E-state index is 0.0509. The van der Waals surface area contributed by atoms with Crippen LogP contribution in [0.5, 0.6) is 0 Å². The lowest BCUT2D eigenvalue weighted by atomic mass is 10.3. The van der Waals surface area contributed by atoms with Gasteiger partial charge in [-0.3, -0.25) is 5.10 Å². The maximum absolute atomic E-state index is 12.5. The lowest BCUT2D eigenvalue weighted by molar-refractivity contribution is 0.593. The number of hydrogen-bond donors (Lipinski definition) is 1. The van der Waals surface area contributed by atoms with Gasteiger partial charge in [0.05, 0.1) is 10.4 Å². The summed E-state index contributed by atoms with van der Waals surface area (Å²) in [7, 11) is -3.60. The largest absolute Gasteiger partial charge is 0.275 e. The molecule has 0 fully saturated rings. The van der Waals surface area contributed by atoms with Crippen LogP contribution >= 0.6 is 15.9 Å². The van der Waals surface area contributed by atoms with E-state index in [1.807, 2.05) is 6.07 Å². The number of para-hydroxylation sites is 1. The van der Waals surface area contributed by atoms with Crippen LogP contribution in [0.15, 0.2) is 62.9 Å². The Bertz CT molecular complexity index is 841. The third kappa shape index (κ3) is 1.97. The molecule has 0 spiro atoms. The summed E-state index contributed by atoms with van der Waals surface area (Å²) in [6, 6.07) is 13.6. The normalized spacial score (nSPS) is 11.8. The Hall–Kier alpha value is -1.66. The topological polar surface area (TPSA) is 62.8 Å². The zero-order valence-corrected chi connectivity index (χ0v) is 12.1. The number of aromatic amines is 1. The lowest BCUT2D eigenvalue weighted by Gasteiger charge is -2.01. The molecule has 1 heterocycles. The number of sulfone groups is 1. The molecule has 6 heteroatoms. The monoisotopic (exact) mass is 336 g/mol. The molecular weight excluding hydrogens is 328 g/mol. The quantitative estimate of drug-likeness (QED) is 0.781. The van der Waals surface area contributed by atoms with Gasteiger partial charge in [-0.15, -0.1) is 0 Å². The average molecular weight is 337 g/mol. The molecule has 3 rings (SSSR count). The van der Waals surface area contributed by atoms with E-state index in [1.54, 1.807) is 42.5 Å². The zero-order chi connectivity index (χ0) is 13.5. The molecule has 0 aliphatic heterocycles. The molecule has 0 radical (unpaired) electrons. The molecular formula is C13H9BrN2O2S. The Morgan fingerprint density at radius 3 is 2.47 bits per heavy atom. The number of nitrogens with one attached hydrogen (secondary N) is 1. The molecule has 1 N–H and O–H groups in total. The molecule has 0 aliphatic carbocycles. The van der Waals surface area contributed by atoms with Gasteiger partial charge in [0.2, 0.25) is 9.84 Å². The van der Waals surface area contributed by atoms with Crippen LogP contribution in [0.2, 0.25) is 0 Å². The van der Waals surface area contributed by atoms with Crippen LogP contribution < -0.4 is 0 Å². The van der Waals surface area contributed by atoms with Crippen LogP contribution in [0.1, 0.15) is 0 Å². The van der Waals surface area contributed by atoms with Gasteiger partial charge in [-0.25, -0.2) is 8.42 Å². The molecule has 0 unspecified atom stereocenters. The number of aromatic nitrogens is 2. The van der Waals surface area contributed by atoms with E-state index in [0.29, 0.717) is 10.9 Å². The Kier molecular flexibility index (Phi) is 2.91. The Balaban J connectivity index is 2.29. The molecule has 1 aromatic heterocycles. The Morgan fingerprint density at radius 2 is 1.74 bits per heavy atom. The SMILES string of the molecule is O=S(=O)(c1ccccc1)c1n[nH]c2c(Br)cccc12.